The first-order valence-electron chi connectivity index (χ1n) is 6.43. The van der Waals surface area contributed by atoms with E-state index in [0.29, 0.717) is 0 Å². The third-order valence-electron chi connectivity index (χ3n) is 3.89. The predicted molar refractivity (Wildman–Crippen MR) is 70.9 cm³/mol. The Morgan fingerprint density at radius 3 is 2.82 bits per heavy atom. The lowest BCUT2D eigenvalue weighted by atomic mass is 9.80. The van der Waals surface area contributed by atoms with Crippen LogP contribution in [0.1, 0.15) is 31.4 Å². The van der Waals surface area contributed by atoms with Crippen molar-refractivity contribution < 1.29 is 5.11 Å². The summed E-state index contributed by atoms with van der Waals surface area (Å²) in [5, 5.41) is 10.1. The molecule has 94 valence electrons. The minimum Gasteiger partial charge on any atom is -0.391 e. The zero-order valence-electron chi connectivity index (χ0n) is 11.1. The molecule has 1 aliphatic rings. The van der Waals surface area contributed by atoms with Crippen LogP contribution in [0.25, 0.3) is 0 Å². The molecule has 1 N–H and O–H groups in total. The Balaban J connectivity index is 1.97. The quantitative estimate of drug-likeness (QED) is 0.848. The highest BCUT2D eigenvalue weighted by Crippen LogP contribution is 2.30. The van der Waals surface area contributed by atoms with Gasteiger partial charge in [-0.2, -0.15) is 0 Å². The fourth-order valence-corrected chi connectivity index (χ4v) is 2.41. The van der Waals surface area contributed by atoms with Gasteiger partial charge in [0.05, 0.1) is 6.10 Å². The summed E-state index contributed by atoms with van der Waals surface area (Å²) < 4.78 is 0. The van der Waals surface area contributed by atoms with E-state index in [0.717, 1.165) is 26.1 Å². The Bertz CT molecular complexity index is 386. The Hall–Kier alpha value is -0.860. The van der Waals surface area contributed by atoms with Crippen LogP contribution in [0.2, 0.25) is 0 Å². The van der Waals surface area contributed by atoms with Crippen molar-refractivity contribution in [2.45, 2.75) is 39.8 Å². The van der Waals surface area contributed by atoms with Crippen LogP contribution in [0, 0.1) is 12.3 Å². The largest absolute Gasteiger partial charge is 0.391 e. The smallest absolute Gasteiger partial charge is 0.0718 e. The number of aliphatic hydroxyl groups excluding tert-OH is 1. The van der Waals surface area contributed by atoms with E-state index in [1.807, 2.05) is 0 Å². The Labute approximate surface area is 104 Å². The van der Waals surface area contributed by atoms with Gasteiger partial charge in [0.15, 0.2) is 0 Å². The molecule has 1 aromatic rings. The summed E-state index contributed by atoms with van der Waals surface area (Å²) in [4.78, 5) is 2.35. The number of rotatable bonds is 2. The number of piperidine rings is 1. The van der Waals surface area contributed by atoms with Crippen LogP contribution in [-0.2, 0) is 6.54 Å². The van der Waals surface area contributed by atoms with Crippen LogP contribution < -0.4 is 0 Å². The van der Waals surface area contributed by atoms with E-state index >= 15 is 0 Å². The lowest BCUT2D eigenvalue weighted by molar-refractivity contribution is -0.0278. The molecule has 0 radical (unpaired) electrons. The molecule has 0 spiro atoms. The molecule has 1 unspecified atom stereocenters. The van der Waals surface area contributed by atoms with Crippen molar-refractivity contribution >= 4 is 0 Å². The molecule has 0 aliphatic carbocycles. The lowest BCUT2D eigenvalue weighted by Gasteiger charge is -2.41. The molecule has 0 bridgehead atoms. The van der Waals surface area contributed by atoms with Gasteiger partial charge in [-0.1, -0.05) is 43.7 Å². The molecule has 0 saturated carbocycles. The lowest BCUT2D eigenvalue weighted by Crippen LogP contribution is -2.47. The minimum atomic E-state index is -0.207. The Kier molecular flexibility index (Phi) is 3.55. The van der Waals surface area contributed by atoms with Gasteiger partial charge in [0, 0.05) is 13.1 Å². The number of aryl methyl sites for hydroxylation is 1. The van der Waals surface area contributed by atoms with Crippen molar-refractivity contribution in [2.75, 3.05) is 13.1 Å². The van der Waals surface area contributed by atoms with E-state index in [1.54, 1.807) is 0 Å². The molecule has 2 rings (SSSR count). The minimum absolute atomic E-state index is 0.0725. The number of hydrogen-bond donors (Lipinski definition) is 1. The number of nitrogens with zero attached hydrogens (tertiary/aromatic N) is 1. The average Bonchev–Trinajstić information content (AvgIpc) is 2.24. The highest BCUT2D eigenvalue weighted by Gasteiger charge is 2.33. The molecule has 1 aliphatic heterocycles. The normalized spacial score (nSPS) is 24.8. The summed E-state index contributed by atoms with van der Waals surface area (Å²) in [6, 6.07) is 8.62. The molecule has 2 heteroatoms. The monoisotopic (exact) mass is 233 g/mol. The molecule has 0 amide bonds. The second-order valence-corrected chi connectivity index (χ2v) is 5.98. The molecule has 2 nitrogen and oxygen atoms in total. The predicted octanol–water partition coefficient (Wildman–Crippen LogP) is 2.59. The third-order valence-corrected chi connectivity index (χ3v) is 3.89. The van der Waals surface area contributed by atoms with Crippen LogP contribution in [0.3, 0.4) is 0 Å². The van der Waals surface area contributed by atoms with Gasteiger partial charge < -0.3 is 5.11 Å². The zero-order valence-corrected chi connectivity index (χ0v) is 11.1. The van der Waals surface area contributed by atoms with Crippen LogP contribution in [0.4, 0.5) is 0 Å². The van der Waals surface area contributed by atoms with Crippen LogP contribution in [0.5, 0.6) is 0 Å². The molecule has 17 heavy (non-hydrogen) atoms. The first-order valence-corrected chi connectivity index (χ1v) is 6.43. The summed E-state index contributed by atoms with van der Waals surface area (Å²) in [6.45, 7) is 9.26. The first kappa shape index (κ1) is 12.6. The van der Waals surface area contributed by atoms with Crippen molar-refractivity contribution in [2.24, 2.45) is 5.41 Å². The van der Waals surface area contributed by atoms with Crippen molar-refractivity contribution in [3.63, 3.8) is 0 Å². The van der Waals surface area contributed by atoms with Crippen LogP contribution in [0.15, 0.2) is 24.3 Å². The SMILES string of the molecule is Cc1cccc(CN2CCC(C)(C)C(O)C2)c1. The first-order chi connectivity index (χ1) is 7.97. The van der Waals surface area contributed by atoms with Gasteiger partial charge in [0.2, 0.25) is 0 Å². The summed E-state index contributed by atoms with van der Waals surface area (Å²) in [6.07, 6.45) is 0.862. The third kappa shape index (κ3) is 3.08. The molecular formula is C15H23NO. The molecule has 1 heterocycles. The maximum atomic E-state index is 10.1. The van der Waals surface area contributed by atoms with E-state index in [-0.39, 0.29) is 11.5 Å². The van der Waals surface area contributed by atoms with Crippen molar-refractivity contribution in [3.8, 4) is 0 Å². The fraction of sp³-hybridized carbons (Fsp3) is 0.600. The highest BCUT2D eigenvalue weighted by molar-refractivity contribution is 5.22. The van der Waals surface area contributed by atoms with Crippen LogP contribution in [-0.4, -0.2) is 29.2 Å². The second kappa shape index (κ2) is 4.79. The van der Waals surface area contributed by atoms with E-state index in [4.69, 9.17) is 0 Å². The van der Waals surface area contributed by atoms with Gasteiger partial charge in [-0.25, -0.2) is 0 Å². The maximum absolute atomic E-state index is 10.1. The highest BCUT2D eigenvalue weighted by atomic mass is 16.3. The van der Waals surface area contributed by atoms with E-state index in [1.165, 1.54) is 11.1 Å². The number of likely N-dealkylation sites (tertiary alicyclic amines) is 1. The Morgan fingerprint density at radius 2 is 2.18 bits per heavy atom. The molecule has 1 fully saturated rings. The summed E-state index contributed by atoms with van der Waals surface area (Å²) in [5.41, 5.74) is 2.72. The average molecular weight is 233 g/mol. The summed E-state index contributed by atoms with van der Waals surface area (Å²) >= 11 is 0. The van der Waals surface area contributed by atoms with Crippen molar-refractivity contribution in [3.05, 3.63) is 35.4 Å². The molecule has 1 saturated heterocycles. The van der Waals surface area contributed by atoms with Crippen molar-refractivity contribution in [1.29, 1.82) is 0 Å². The molecule has 1 aromatic carbocycles. The van der Waals surface area contributed by atoms with E-state index in [9.17, 15) is 5.11 Å². The fourth-order valence-electron chi connectivity index (χ4n) is 2.41. The topological polar surface area (TPSA) is 23.5 Å². The summed E-state index contributed by atoms with van der Waals surface area (Å²) in [7, 11) is 0. The number of β-amino-alcohol motifs (C(OH)–C–C–N with tert-alkyl or cyclic N) is 1. The van der Waals surface area contributed by atoms with E-state index < -0.39 is 0 Å². The summed E-state index contributed by atoms with van der Waals surface area (Å²) in [5.74, 6) is 0. The molecular weight excluding hydrogens is 210 g/mol. The number of aliphatic hydroxyl groups is 1. The second-order valence-electron chi connectivity index (χ2n) is 5.98. The number of hydrogen-bond acceptors (Lipinski definition) is 2. The van der Waals surface area contributed by atoms with Crippen molar-refractivity contribution in [1.82, 2.24) is 4.90 Å². The van der Waals surface area contributed by atoms with Gasteiger partial charge in [-0.3, -0.25) is 4.90 Å². The number of benzene rings is 1. The van der Waals surface area contributed by atoms with Gasteiger partial charge in [0.25, 0.3) is 0 Å². The van der Waals surface area contributed by atoms with Gasteiger partial charge in [0.1, 0.15) is 0 Å². The molecule has 0 aromatic heterocycles. The van der Waals surface area contributed by atoms with E-state index in [2.05, 4.69) is 49.9 Å². The van der Waals surface area contributed by atoms with Gasteiger partial charge in [-0.05, 0) is 30.9 Å². The standard InChI is InChI=1S/C15H23NO/c1-12-5-4-6-13(9-12)10-16-8-7-15(2,3)14(17)11-16/h4-6,9,14,17H,7-8,10-11H2,1-3H3. The maximum Gasteiger partial charge on any atom is 0.0718 e. The van der Waals surface area contributed by atoms with Crippen LogP contribution >= 0.6 is 0 Å². The molecule has 1 atom stereocenters. The van der Waals surface area contributed by atoms with Gasteiger partial charge in [-0.15, -0.1) is 0 Å². The van der Waals surface area contributed by atoms with Gasteiger partial charge >= 0.3 is 0 Å². The Morgan fingerprint density at radius 1 is 1.41 bits per heavy atom. The zero-order chi connectivity index (χ0) is 12.5.